The third-order valence-electron chi connectivity index (χ3n) is 6.02. The lowest BCUT2D eigenvalue weighted by molar-refractivity contribution is -0.141. The SMILES string of the molecule is COc1ccc(CN(C(=O)Cc2ccccc2)[C@@H](C(=O)NCc2ccccc2)c2ccccc2)cc1. The van der Waals surface area contributed by atoms with Gasteiger partial charge in [-0.1, -0.05) is 103 Å². The number of hydrogen-bond acceptors (Lipinski definition) is 3. The topological polar surface area (TPSA) is 58.6 Å². The Morgan fingerprint density at radius 3 is 1.86 bits per heavy atom. The second kappa shape index (κ2) is 12.4. The Hall–Kier alpha value is -4.38. The molecule has 0 saturated carbocycles. The van der Waals surface area contributed by atoms with E-state index in [-0.39, 0.29) is 24.8 Å². The summed E-state index contributed by atoms with van der Waals surface area (Å²) in [6.07, 6.45) is 0.201. The third kappa shape index (κ3) is 6.60. The van der Waals surface area contributed by atoms with Gasteiger partial charge in [0.15, 0.2) is 0 Å². The van der Waals surface area contributed by atoms with Crippen molar-refractivity contribution in [2.45, 2.75) is 25.6 Å². The van der Waals surface area contributed by atoms with Crippen molar-refractivity contribution in [2.24, 2.45) is 0 Å². The smallest absolute Gasteiger partial charge is 0.247 e. The normalized spacial score (nSPS) is 11.4. The van der Waals surface area contributed by atoms with E-state index < -0.39 is 6.04 Å². The van der Waals surface area contributed by atoms with Gasteiger partial charge in [0.2, 0.25) is 11.8 Å². The molecule has 5 nitrogen and oxygen atoms in total. The van der Waals surface area contributed by atoms with Crippen molar-refractivity contribution in [3.8, 4) is 5.75 Å². The van der Waals surface area contributed by atoms with Crippen molar-refractivity contribution in [3.05, 3.63) is 138 Å². The van der Waals surface area contributed by atoms with Gasteiger partial charge in [-0.15, -0.1) is 0 Å². The van der Waals surface area contributed by atoms with Crippen LogP contribution in [-0.2, 0) is 29.1 Å². The van der Waals surface area contributed by atoms with E-state index in [0.717, 1.165) is 28.0 Å². The molecule has 0 saturated heterocycles. The maximum atomic E-state index is 13.8. The third-order valence-corrected chi connectivity index (χ3v) is 6.02. The fourth-order valence-corrected chi connectivity index (χ4v) is 4.11. The molecular formula is C31H30N2O3. The Labute approximate surface area is 212 Å². The first-order chi connectivity index (χ1) is 17.6. The molecule has 0 aliphatic rings. The Kier molecular flexibility index (Phi) is 8.49. The van der Waals surface area contributed by atoms with Crippen LogP contribution in [0.2, 0.25) is 0 Å². The van der Waals surface area contributed by atoms with Gasteiger partial charge in [-0.2, -0.15) is 0 Å². The molecule has 0 aromatic heterocycles. The van der Waals surface area contributed by atoms with Gasteiger partial charge in [-0.3, -0.25) is 9.59 Å². The fraction of sp³-hybridized carbons (Fsp3) is 0.161. The van der Waals surface area contributed by atoms with Crippen LogP contribution in [0, 0.1) is 0 Å². The lowest BCUT2D eigenvalue weighted by Crippen LogP contribution is -2.43. The van der Waals surface area contributed by atoms with E-state index in [4.69, 9.17) is 4.74 Å². The maximum absolute atomic E-state index is 13.8. The molecule has 4 aromatic rings. The Balaban J connectivity index is 1.66. The van der Waals surface area contributed by atoms with Gasteiger partial charge in [0.05, 0.1) is 13.5 Å². The Bertz CT molecular complexity index is 1240. The molecule has 0 aliphatic carbocycles. The number of nitrogens with one attached hydrogen (secondary N) is 1. The molecule has 2 amide bonds. The van der Waals surface area contributed by atoms with Crippen LogP contribution in [0.5, 0.6) is 5.75 Å². The number of methoxy groups -OCH3 is 1. The average molecular weight is 479 g/mol. The van der Waals surface area contributed by atoms with Crippen LogP contribution in [0.1, 0.15) is 28.3 Å². The summed E-state index contributed by atoms with van der Waals surface area (Å²) in [7, 11) is 1.62. The summed E-state index contributed by atoms with van der Waals surface area (Å²) in [6, 6.07) is 35.6. The molecule has 36 heavy (non-hydrogen) atoms. The highest BCUT2D eigenvalue weighted by Crippen LogP contribution is 2.26. The van der Waals surface area contributed by atoms with Crippen molar-refractivity contribution < 1.29 is 14.3 Å². The predicted octanol–water partition coefficient (Wildman–Crippen LogP) is 5.32. The van der Waals surface area contributed by atoms with Gasteiger partial charge in [0, 0.05) is 13.1 Å². The number of nitrogens with zero attached hydrogens (tertiary/aromatic N) is 1. The van der Waals surface area contributed by atoms with Gasteiger partial charge in [-0.05, 0) is 34.4 Å². The second-order valence-electron chi connectivity index (χ2n) is 8.55. The minimum Gasteiger partial charge on any atom is -0.497 e. The molecule has 0 aliphatic heterocycles. The summed E-state index contributed by atoms with van der Waals surface area (Å²) in [5, 5.41) is 3.05. The quantitative estimate of drug-likeness (QED) is 0.335. The van der Waals surface area contributed by atoms with Crippen molar-refractivity contribution >= 4 is 11.8 Å². The molecule has 182 valence electrons. The fourth-order valence-electron chi connectivity index (χ4n) is 4.11. The maximum Gasteiger partial charge on any atom is 0.247 e. The number of amides is 2. The predicted molar refractivity (Wildman–Crippen MR) is 141 cm³/mol. The minimum atomic E-state index is -0.784. The van der Waals surface area contributed by atoms with Crippen molar-refractivity contribution in [1.82, 2.24) is 10.2 Å². The number of rotatable bonds is 10. The summed E-state index contributed by atoms with van der Waals surface area (Å²) >= 11 is 0. The van der Waals surface area contributed by atoms with Gasteiger partial charge in [0.1, 0.15) is 11.8 Å². The molecule has 0 radical (unpaired) electrons. The summed E-state index contributed by atoms with van der Waals surface area (Å²) < 4.78 is 5.28. The molecule has 1 atom stereocenters. The summed E-state index contributed by atoms with van der Waals surface area (Å²) in [5.41, 5.74) is 3.57. The largest absolute Gasteiger partial charge is 0.497 e. The van der Waals surface area contributed by atoms with Crippen molar-refractivity contribution in [1.29, 1.82) is 0 Å². The highest BCUT2D eigenvalue weighted by molar-refractivity contribution is 5.89. The van der Waals surface area contributed by atoms with Crippen LogP contribution in [0.15, 0.2) is 115 Å². The van der Waals surface area contributed by atoms with Crippen molar-refractivity contribution in [3.63, 3.8) is 0 Å². The molecule has 4 rings (SSSR count). The van der Waals surface area contributed by atoms with E-state index >= 15 is 0 Å². The van der Waals surface area contributed by atoms with E-state index in [1.165, 1.54) is 0 Å². The lowest BCUT2D eigenvalue weighted by atomic mass is 10.0. The molecule has 0 spiro atoms. The highest BCUT2D eigenvalue weighted by Gasteiger charge is 2.31. The van der Waals surface area contributed by atoms with Gasteiger partial charge >= 0.3 is 0 Å². The van der Waals surface area contributed by atoms with Crippen molar-refractivity contribution in [2.75, 3.05) is 7.11 Å². The lowest BCUT2D eigenvalue weighted by Gasteiger charge is -2.32. The van der Waals surface area contributed by atoms with E-state index in [1.54, 1.807) is 12.0 Å². The van der Waals surface area contributed by atoms with Gasteiger partial charge in [0.25, 0.3) is 0 Å². The molecule has 4 aromatic carbocycles. The van der Waals surface area contributed by atoms with E-state index in [1.807, 2.05) is 115 Å². The first kappa shape index (κ1) is 24.7. The summed E-state index contributed by atoms with van der Waals surface area (Å²) in [4.78, 5) is 29.1. The van der Waals surface area contributed by atoms with Crippen LogP contribution in [-0.4, -0.2) is 23.8 Å². The number of ether oxygens (including phenoxy) is 1. The number of hydrogen-bond donors (Lipinski definition) is 1. The second-order valence-corrected chi connectivity index (χ2v) is 8.55. The highest BCUT2D eigenvalue weighted by atomic mass is 16.5. The number of benzene rings is 4. The Morgan fingerprint density at radius 2 is 1.28 bits per heavy atom. The summed E-state index contributed by atoms with van der Waals surface area (Å²) in [6.45, 7) is 0.667. The van der Waals surface area contributed by atoms with Gasteiger partial charge in [-0.25, -0.2) is 0 Å². The average Bonchev–Trinajstić information content (AvgIpc) is 2.93. The zero-order valence-electron chi connectivity index (χ0n) is 20.3. The van der Waals surface area contributed by atoms with Gasteiger partial charge < -0.3 is 15.0 Å². The van der Waals surface area contributed by atoms with Crippen LogP contribution < -0.4 is 10.1 Å². The molecule has 0 heterocycles. The summed E-state index contributed by atoms with van der Waals surface area (Å²) in [5.74, 6) is 0.391. The zero-order chi connectivity index (χ0) is 25.2. The number of carbonyl (C=O) groups excluding carboxylic acids is 2. The Morgan fingerprint density at radius 1 is 0.722 bits per heavy atom. The first-order valence-corrected chi connectivity index (χ1v) is 12.0. The standard InChI is InChI=1S/C31H30N2O3/c1-36-28-19-17-26(18-20-28)23-33(29(34)21-24-11-5-2-6-12-24)30(27-15-9-4-10-16-27)31(35)32-22-25-13-7-3-8-14-25/h2-20,30H,21-23H2,1H3,(H,32,35)/t30-/m1/s1. The van der Waals surface area contributed by atoms with E-state index in [0.29, 0.717) is 6.54 Å². The van der Waals surface area contributed by atoms with Crippen LogP contribution in [0.3, 0.4) is 0 Å². The molecule has 0 fully saturated rings. The van der Waals surface area contributed by atoms with E-state index in [2.05, 4.69) is 5.32 Å². The number of carbonyl (C=O) groups is 2. The van der Waals surface area contributed by atoms with Crippen LogP contribution in [0.4, 0.5) is 0 Å². The van der Waals surface area contributed by atoms with Crippen LogP contribution >= 0.6 is 0 Å². The molecular weight excluding hydrogens is 448 g/mol. The monoisotopic (exact) mass is 478 g/mol. The molecule has 0 bridgehead atoms. The van der Waals surface area contributed by atoms with Crippen LogP contribution in [0.25, 0.3) is 0 Å². The molecule has 0 unspecified atom stereocenters. The minimum absolute atomic E-state index is 0.124. The molecule has 1 N–H and O–H groups in total. The van der Waals surface area contributed by atoms with E-state index in [9.17, 15) is 9.59 Å². The molecule has 5 heteroatoms. The first-order valence-electron chi connectivity index (χ1n) is 12.0. The zero-order valence-corrected chi connectivity index (χ0v) is 20.3.